The molecular weight excluding hydrogens is 366 g/mol. The van der Waals surface area contributed by atoms with Crippen molar-refractivity contribution in [3.8, 4) is 0 Å². The highest BCUT2D eigenvalue weighted by atomic mass is 16.6. The van der Waals surface area contributed by atoms with Gasteiger partial charge in [-0.05, 0) is 6.07 Å². The number of hydrogen-bond acceptors (Lipinski definition) is 8. The van der Waals surface area contributed by atoms with Gasteiger partial charge in [-0.3, -0.25) is 50.8 Å². The highest BCUT2D eigenvalue weighted by Gasteiger charge is 2.20. The fraction of sp³-hybridized carbons (Fsp3) is 0. The molecule has 2 aromatic rings. The van der Waals surface area contributed by atoms with Gasteiger partial charge < -0.3 is 0 Å². The zero-order valence-corrected chi connectivity index (χ0v) is 13.1. The minimum Gasteiger partial charge on any atom is -0.267 e. The normalized spacial score (nSPS) is 9.93. The van der Waals surface area contributed by atoms with Gasteiger partial charge in [0, 0.05) is 29.8 Å². The first-order chi connectivity index (χ1) is 12.7. The minimum atomic E-state index is -1.06. The highest BCUT2D eigenvalue weighted by Crippen LogP contribution is 2.22. The fourth-order valence-electron chi connectivity index (χ4n) is 1.96. The largest absolute Gasteiger partial charge is 0.277 e. The van der Waals surface area contributed by atoms with E-state index in [0.29, 0.717) is 6.07 Å². The van der Waals surface area contributed by atoms with Crippen LogP contribution in [0.5, 0.6) is 0 Å². The predicted molar refractivity (Wildman–Crippen MR) is 87.8 cm³/mol. The first kappa shape index (κ1) is 18.9. The first-order valence-electron chi connectivity index (χ1n) is 6.98. The van der Waals surface area contributed by atoms with Gasteiger partial charge in [-0.15, -0.1) is 0 Å². The zero-order chi connectivity index (χ0) is 20.1. The zero-order valence-electron chi connectivity index (χ0n) is 13.1. The molecule has 0 aliphatic carbocycles. The summed E-state index contributed by atoms with van der Waals surface area (Å²) < 4.78 is 0. The average molecular weight is 375 g/mol. The Balaban J connectivity index is 2.17. The summed E-state index contributed by atoms with van der Waals surface area (Å²) in [6.45, 7) is 0. The number of amides is 2. The summed E-state index contributed by atoms with van der Waals surface area (Å²) >= 11 is 0. The summed E-state index contributed by atoms with van der Waals surface area (Å²) in [6.07, 6.45) is 0. The van der Waals surface area contributed by atoms with Crippen molar-refractivity contribution in [3.63, 3.8) is 0 Å². The molecule has 0 spiro atoms. The van der Waals surface area contributed by atoms with E-state index >= 15 is 0 Å². The van der Waals surface area contributed by atoms with Gasteiger partial charge in [-0.2, -0.15) is 0 Å². The van der Waals surface area contributed by atoms with Gasteiger partial charge in [0.15, 0.2) is 0 Å². The van der Waals surface area contributed by atoms with Gasteiger partial charge in [-0.1, -0.05) is 6.07 Å². The Kier molecular flexibility index (Phi) is 5.35. The van der Waals surface area contributed by atoms with E-state index < -0.39 is 43.5 Å². The maximum Gasteiger partial charge on any atom is 0.277 e. The van der Waals surface area contributed by atoms with E-state index in [1.54, 1.807) is 0 Å². The minimum absolute atomic E-state index is 0.130. The summed E-state index contributed by atoms with van der Waals surface area (Å²) in [5.41, 5.74) is 1.61. The van der Waals surface area contributed by atoms with E-state index in [-0.39, 0.29) is 11.3 Å². The van der Waals surface area contributed by atoms with E-state index in [1.807, 2.05) is 10.9 Å². The third-order valence-corrected chi connectivity index (χ3v) is 3.20. The Morgan fingerprint density at radius 1 is 0.667 bits per heavy atom. The number of nitro groups is 3. The molecule has 0 radical (unpaired) electrons. The summed E-state index contributed by atoms with van der Waals surface area (Å²) in [7, 11) is 0. The van der Waals surface area contributed by atoms with E-state index in [9.17, 15) is 39.9 Å². The second-order valence-electron chi connectivity index (χ2n) is 4.97. The Bertz CT molecular complexity index is 941. The number of nitrogens with one attached hydrogen (secondary N) is 2. The number of carbonyl (C=O) groups excluding carboxylic acids is 2. The third kappa shape index (κ3) is 4.56. The van der Waals surface area contributed by atoms with Gasteiger partial charge in [0.05, 0.1) is 26.4 Å². The molecule has 0 heterocycles. The van der Waals surface area contributed by atoms with Crippen LogP contribution in [0.15, 0.2) is 42.5 Å². The lowest BCUT2D eigenvalue weighted by Gasteiger charge is -2.07. The van der Waals surface area contributed by atoms with Crippen LogP contribution in [0.2, 0.25) is 0 Å². The molecule has 0 saturated heterocycles. The van der Waals surface area contributed by atoms with Crippen molar-refractivity contribution >= 4 is 28.9 Å². The topological polar surface area (TPSA) is 188 Å². The maximum atomic E-state index is 12.0. The van der Waals surface area contributed by atoms with E-state index in [0.717, 1.165) is 24.3 Å². The fourth-order valence-corrected chi connectivity index (χ4v) is 1.96. The molecule has 13 heteroatoms. The summed E-state index contributed by atoms with van der Waals surface area (Å²) in [6, 6.07) is 6.92. The van der Waals surface area contributed by atoms with Crippen LogP contribution < -0.4 is 10.9 Å². The number of hydrogen-bond donors (Lipinski definition) is 2. The van der Waals surface area contributed by atoms with Gasteiger partial charge in [-0.25, -0.2) is 0 Å². The lowest BCUT2D eigenvalue weighted by atomic mass is 10.1. The van der Waals surface area contributed by atoms with E-state index in [4.69, 9.17) is 0 Å². The molecule has 0 unspecified atom stereocenters. The molecule has 138 valence electrons. The Morgan fingerprint density at radius 3 is 1.59 bits per heavy atom. The predicted octanol–water partition coefficient (Wildman–Crippen LogP) is 1.49. The van der Waals surface area contributed by atoms with Crippen molar-refractivity contribution < 1.29 is 24.4 Å². The second kappa shape index (κ2) is 7.64. The highest BCUT2D eigenvalue weighted by molar-refractivity contribution is 5.99. The van der Waals surface area contributed by atoms with E-state index in [2.05, 4.69) is 0 Å². The number of hydrazine groups is 1. The molecule has 0 bridgehead atoms. The molecule has 0 aromatic heterocycles. The van der Waals surface area contributed by atoms with Gasteiger partial charge in [0.25, 0.3) is 28.9 Å². The van der Waals surface area contributed by atoms with Gasteiger partial charge >= 0.3 is 0 Å². The van der Waals surface area contributed by atoms with Crippen molar-refractivity contribution in [1.29, 1.82) is 0 Å². The summed E-state index contributed by atoms with van der Waals surface area (Å²) in [5, 5.41) is 32.3. The number of non-ortho nitro benzene ring substituents is 3. The van der Waals surface area contributed by atoms with Crippen LogP contribution in [0.3, 0.4) is 0 Å². The number of nitrogens with zero attached hydrogens (tertiary/aromatic N) is 3. The molecule has 0 aliphatic heterocycles. The van der Waals surface area contributed by atoms with Crippen LogP contribution in [0.25, 0.3) is 0 Å². The Morgan fingerprint density at radius 2 is 1.11 bits per heavy atom. The lowest BCUT2D eigenvalue weighted by molar-refractivity contribution is -0.394. The molecule has 27 heavy (non-hydrogen) atoms. The standard InChI is InChI=1S/C14H9N5O8/c20-13(8-2-1-3-10(4-8)17(22)23)15-16-14(21)9-5-11(18(24)25)7-12(6-9)19(26)27/h1-7H,(H,15,20)(H,16,21). The number of nitro benzene ring substituents is 3. The SMILES string of the molecule is O=C(NNC(=O)c1cc([N+](=O)[O-])cc([N+](=O)[O-])c1)c1cccc([N+](=O)[O-])c1. The van der Waals surface area contributed by atoms with Crippen LogP contribution in [0.4, 0.5) is 17.1 Å². The smallest absolute Gasteiger partial charge is 0.267 e. The summed E-state index contributed by atoms with van der Waals surface area (Å²) in [4.78, 5) is 53.8. The molecule has 2 N–H and O–H groups in total. The monoisotopic (exact) mass is 375 g/mol. The molecule has 0 saturated carbocycles. The molecule has 0 atom stereocenters. The summed E-state index contributed by atoms with van der Waals surface area (Å²) in [5.74, 6) is -1.95. The van der Waals surface area contributed by atoms with Crippen LogP contribution >= 0.6 is 0 Å². The molecular formula is C14H9N5O8. The van der Waals surface area contributed by atoms with Crippen molar-refractivity contribution in [2.45, 2.75) is 0 Å². The maximum absolute atomic E-state index is 12.0. The van der Waals surface area contributed by atoms with Crippen LogP contribution in [-0.4, -0.2) is 26.6 Å². The Labute approximate surface area is 149 Å². The quantitative estimate of drug-likeness (QED) is 0.580. The number of benzene rings is 2. The Hall–Kier alpha value is -4.42. The molecule has 0 aliphatic rings. The number of rotatable bonds is 5. The molecule has 2 rings (SSSR count). The molecule has 2 amide bonds. The second-order valence-corrected chi connectivity index (χ2v) is 4.97. The number of carbonyl (C=O) groups is 2. The lowest BCUT2D eigenvalue weighted by Crippen LogP contribution is -2.41. The van der Waals surface area contributed by atoms with Crippen LogP contribution in [0.1, 0.15) is 20.7 Å². The molecule has 0 fully saturated rings. The molecule has 2 aromatic carbocycles. The van der Waals surface area contributed by atoms with Crippen molar-refractivity contribution in [3.05, 3.63) is 83.9 Å². The first-order valence-corrected chi connectivity index (χ1v) is 6.98. The van der Waals surface area contributed by atoms with E-state index in [1.165, 1.54) is 12.1 Å². The van der Waals surface area contributed by atoms with Crippen LogP contribution in [-0.2, 0) is 0 Å². The van der Waals surface area contributed by atoms with Gasteiger partial charge in [0.1, 0.15) is 0 Å². The van der Waals surface area contributed by atoms with Gasteiger partial charge in [0.2, 0.25) is 0 Å². The van der Waals surface area contributed by atoms with Crippen molar-refractivity contribution in [2.24, 2.45) is 0 Å². The third-order valence-electron chi connectivity index (χ3n) is 3.20. The van der Waals surface area contributed by atoms with Crippen molar-refractivity contribution in [1.82, 2.24) is 10.9 Å². The molecule has 13 nitrogen and oxygen atoms in total. The van der Waals surface area contributed by atoms with Crippen molar-refractivity contribution in [2.75, 3.05) is 0 Å². The average Bonchev–Trinajstić information content (AvgIpc) is 2.65. The van der Waals surface area contributed by atoms with Crippen LogP contribution in [0, 0.1) is 30.3 Å².